The Bertz CT molecular complexity index is 236. The van der Waals surface area contributed by atoms with Gasteiger partial charge in [0.2, 0.25) is 0 Å². The smallest absolute Gasteiger partial charge is 0.0551 e. The van der Waals surface area contributed by atoms with Crippen LogP contribution >= 0.6 is 0 Å². The number of ether oxygens (including phenoxy) is 1. The van der Waals surface area contributed by atoms with E-state index in [2.05, 4.69) is 17.3 Å². The number of nitrogens with one attached hydrogen (secondary N) is 1. The zero-order valence-electron chi connectivity index (χ0n) is 9.67. The second-order valence-electron chi connectivity index (χ2n) is 5.68. The van der Waals surface area contributed by atoms with Crippen LogP contribution in [0, 0.1) is 17.3 Å². The fraction of sp³-hybridized carbons (Fsp3) is 1.00. The lowest BCUT2D eigenvalue weighted by Crippen LogP contribution is -2.64. The molecule has 0 amide bonds. The minimum atomic E-state index is 0.542. The Kier molecular flexibility index (Phi) is 2.49. The molecule has 3 aliphatic heterocycles. The highest BCUT2D eigenvalue weighted by atomic mass is 16.5. The second kappa shape index (κ2) is 3.72. The molecule has 3 rings (SSSR count). The first-order valence-electron chi connectivity index (χ1n) is 6.28. The molecule has 0 aromatic rings. The van der Waals surface area contributed by atoms with E-state index >= 15 is 0 Å². The van der Waals surface area contributed by atoms with Crippen molar-refractivity contribution in [2.24, 2.45) is 17.3 Å². The summed E-state index contributed by atoms with van der Waals surface area (Å²) in [4.78, 5) is 2.50. The average molecular weight is 210 g/mol. The van der Waals surface area contributed by atoms with Gasteiger partial charge in [-0.05, 0) is 51.4 Å². The van der Waals surface area contributed by atoms with Gasteiger partial charge in [-0.1, -0.05) is 0 Å². The highest BCUT2D eigenvalue weighted by molar-refractivity contribution is 5.03. The molecule has 0 radical (unpaired) electrons. The largest absolute Gasteiger partial charge is 0.380 e. The molecule has 86 valence electrons. The normalized spacial score (nSPS) is 37.0. The molecule has 0 bridgehead atoms. The maximum atomic E-state index is 5.54. The fourth-order valence-corrected chi connectivity index (χ4v) is 3.47. The third-order valence-corrected chi connectivity index (χ3v) is 4.77. The zero-order chi connectivity index (χ0) is 10.3. The Labute approximate surface area is 92.2 Å². The first-order chi connectivity index (χ1) is 7.31. The molecule has 3 heterocycles. The number of piperidine rings is 1. The molecule has 15 heavy (non-hydrogen) atoms. The number of likely N-dealkylation sites (tertiary alicyclic amines) is 1. The van der Waals surface area contributed by atoms with Crippen LogP contribution in [0.15, 0.2) is 0 Å². The maximum Gasteiger partial charge on any atom is 0.0551 e. The molecule has 1 unspecified atom stereocenters. The number of rotatable bonds is 2. The molecule has 3 saturated heterocycles. The lowest BCUT2D eigenvalue weighted by Gasteiger charge is -2.57. The lowest BCUT2D eigenvalue weighted by molar-refractivity contribution is -0.195. The summed E-state index contributed by atoms with van der Waals surface area (Å²) in [6, 6.07) is 0. The number of hydrogen-bond donors (Lipinski definition) is 1. The van der Waals surface area contributed by atoms with Gasteiger partial charge >= 0.3 is 0 Å². The summed E-state index contributed by atoms with van der Waals surface area (Å²) < 4.78 is 5.54. The van der Waals surface area contributed by atoms with Crippen LogP contribution in [0.3, 0.4) is 0 Å². The van der Waals surface area contributed by atoms with Crippen molar-refractivity contribution in [2.45, 2.75) is 12.8 Å². The van der Waals surface area contributed by atoms with E-state index in [1.54, 1.807) is 0 Å². The average Bonchev–Trinajstić information content (AvgIpc) is 2.07. The van der Waals surface area contributed by atoms with Crippen molar-refractivity contribution in [3.05, 3.63) is 0 Å². The van der Waals surface area contributed by atoms with Crippen molar-refractivity contribution in [3.63, 3.8) is 0 Å². The standard InChI is InChI=1S/C12H22N2O/c1-14-4-2-3-10(7-14)12(8-15-9-12)11-5-13-6-11/h10-11,13H,2-9H2,1H3. The van der Waals surface area contributed by atoms with Gasteiger partial charge in [0.05, 0.1) is 13.2 Å². The van der Waals surface area contributed by atoms with Gasteiger partial charge in [-0.15, -0.1) is 0 Å². The Hall–Kier alpha value is -0.120. The topological polar surface area (TPSA) is 24.5 Å². The van der Waals surface area contributed by atoms with Crippen molar-refractivity contribution in [1.82, 2.24) is 10.2 Å². The molecule has 3 fully saturated rings. The molecule has 0 saturated carbocycles. The predicted molar refractivity (Wildman–Crippen MR) is 59.8 cm³/mol. The SMILES string of the molecule is CN1CCCC(C2(C3CNC3)COC2)C1. The van der Waals surface area contributed by atoms with Gasteiger partial charge in [0, 0.05) is 12.0 Å². The molecule has 0 aromatic carbocycles. The molecule has 1 N–H and O–H groups in total. The minimum absolute atomic E-state index is 0.542. The molecule has 1 atom stereocenters. The van der Waals surface area contributed by atoms with Crippen LogP contribution in [0.1, 0.15) is 12.8 Å². The Morgan fingerprint density at radius 1 is 1.27 bits per heavy atom. The van der Waals surface area contributed by atoms with E-state index in [1.165, 1.54) is 39.0 Å². The number of hydrogen-bond acceptors (Lipinski definition) is 3. The van der Waals surface area contributed by atoms with Gasteiger partial charge in [-0.2, -0.15) is 0 Å². The molecular formula is C12H22N2O. The highest BCUT2D eigenvalue weighted by Gasteiger charge is 2.53. The summed E-state index contributed by atoms with van der Waals surface area (Å²) in [6.45, 7) is 7.08. The molecule has 3 nitrogen and oxygen atoms in total. The van der Waals surface area contributed by atoms with Crippen molar-refractivity contribution in [2.75, 3.05) is 46.4 Å². The van der Waals surface area contributed by atoms with Gasteiger partial charge in [0.15, 0.2) is 0 Å². The van der Waals surface area contributed by atoms with Crippen LogP contribution in [0.4, 0.5) is 0 Å². The Morgan fingerprint density at radius 3 is 2.53 bits per heavy atom. The van der Waals surface area contributed by atoms with E-state index in [1.807, 2.05) is 0 Å². The third-order valence-electron chi connectivity index (χ3n) is 4.77. The van der Waals surface area contributed by atoms with E-state index in [4.69, 9.17) is 4.74 Å². The van der Waals surface area contributed by atoms with Crippen molar-refractivity contribution < 1.29 is 4.74 Å². The summed E-state index contributed by atoms with van der Waals surface area (Å²) in [5.74, 6) is 1.78. The molecule has 0 aliphatic carbocycles. The van der Waals surface area contributed by atoms with Crippen LogP contribution in [0.5, 0.6) is 0 Å². The van der Waals surface area contributed by atoms with Crippen molar-refractivity contribution in [1.29, 1.82) is 0 Å². The zero-order valence-corrected chi connectivity index (χ0v) is 9.67. The highest BCUT2D eigenvalue weighted by Crippen LogP contribution is 2.47. The van der Waals surface area contributed by atoms with E-state index in [0.717, 1.165) is 25.0 Å². The van der Waals surface area contributed by atoms with Crippen LogP contribution < -0.4 is 5.32 Å². The summed E-state index contributed by atoms with van der Waals surface area (Å²) in [5, 5.41) is 3.42. The first kappa shape index (κ1) is 10.1. The fourth-order valence-electron chi connectivity index (χ4n) is 3.47. The number of nitrogens with zero attached hydrogens (tertiary/aromatic N) is 1. The summed E-state index contributed by atoms with van der Waals surface area (Å²) >= 11 is 0. The van der Waals surface area contributed by atoms with E-state index in [0.29, 0.717) is 5.41 Å². The monoisotopic (exact) mass is 210 g/mol. The van der Waals surface area contributed by atoms with Crippen molar-refractivity contribution >= 4 is 0 Å². The van der Waals surface area contributed by atoms with Gasteiger partial charge < -0.3 is 15.0 Å². The Balaban J connectivity index is 1.71. The predicted octanol–water partition coefficient (Wildman–Crippen LogP) is 0.564. The third kappa shape index (κ3) is 1.52. The maximum absolute atomic E-state index is 5.54. The van der Waals surface area contributed by atoms with Gasteiger partial charge in [0.25, 0.3) is 0 Å². The molecule has 3 aliphatic rings. The lowest BCUT2D eigenvalue weighted by atomic mass is 9.61. The molecule has 3 heteroatoms. The van der Waals surface area contributed by atoms with E-state index < -0.39 is 0 Å². The summed E-state index contributed by atoms with van der Waals surface area (Å²) in [6.07, 6.45) is 2.80. The summed E-state index contributed by atoms with van der Waals surface area (Å²) in [5.41, 5.74) is 0.542. The van der Waals surface area contributed by atoms with Gasteiger partial charge in [-0.3, -0.25) is 0 Å². The Morgan fingerprint density at radius 2 is 2.07 bits per heavy atom. The van der Waals surface area contributed by atoms with E-state index in [9.17, 15) is 0 Å². The summed E-state index contributed by atoms with van der Waals surface area (Å²) in [7, 11) is 2.26. The van der Waals surface area contributed by atoms with E-state index in [-0.39, 0.29) is 0 Å². The minimum Gasteiger partial charge on any atom is -0.380 e. The van der Waals surface area contributed by atoms with Gasteiger partial charge in [-0.25, -0.2) is 0 Å². The quantitative estimate of drug-likeness (QED) is 0.721. The van der Waals surface area contributed by atoms with Crippen LogP contribution in [0.25, 0.3) is 0 Å². The van der Waals surface area contributed by atoms with Gasteiger partial charge in [0.1, 0.15) is 0 Å². The van der Waals surface area contributed by atoms with Crippen LogP contribution in [-0.2, 0) is 4.74 Å². The molecule has 0 aromatic heterocycles. The first-order valence-corrected chi connectivity index (χ1v) is 6.28. The van der Waals surface area contributed by atoms with Crippen LogP contribution in [0.2, 0.25) is 0 Å². The molecule has 0 spiro atoms. The van der Waals surface area contributed by atoms with Crippen molar-refractivity contribution in [3.8, 4) is 0 Å². The molecular weight excluding hydrogens is 188 g/mol. The second-order valence-corrected chi connectivity index (χ2v) is 5.68. The van der Waals surface area contributed by atoms with Crippen LogP contribution in [-0.4, -0.2) is 51.3 Å².